The monoisotopic (exact) mass is 469 g/mol. The standard InChI is InChI=1S/C21H20BrN5O3/c1-2-10-23-21(30)26-16-6-4-15(5-7-16)25-19(28)9-11-27-13-24-18-8-3-14(22)12-17(18)20(27)29/h2-8,12-13H,1,9-11H2,(H,25,28)(H2,23,26,30). The molecule has 8 nitrogen and oxygen atoms in total. The maximum absolute atomic E-state index is 12.6. The summed E-state index contributed by atoms with van der Waals surface area (Å²) in [6.07, 6.45) is 3.15. The highest BCUT2D eigenvalue weighted by Gasteiger charge is 2.08. The molecule has 0 fully saturated rings. The molecule has 0 unspecified atom stereocenters. The zero-order valence-corrected chi connectivity index (χ0v) is 17.6. The van der Waals surface area contributed by atoms with Crippen molar-refractivity contribution in [2.75, 3.05) is 17.2 Å². The molecule has 0 saturated heterocycles. The zero-order valence-electron chi connectivity index (χ0n) is 16.0. The number of rotatable bonds is 7. The number of carbonyl (C=O) groups excluding carboxylic acids is 2. The van der Waals surface area contributed by atoms with Crippen LogP contribution in [0, 0.1) is 0 Å². The number of aromatic nitrogens is 2. The maximum Gasteiger partial charge on any atom is 0.319 e. The van der Waals surface area contributed by atoms with E-state index >= 15 is 0 Å². The highest BCUT2D eigenvalue weighted by atomic mass is 79.9. The predicted octanol–water partition coefficient (Wildman–Crippen LogP) is 3.50. The first-order chi connectivity index (χ1) is 14.5. The Kier molecular flexibility index (Phi) is 6.97. The normalized spacial score (nSPS) is 10.4. The smallest absolute Gasteiger partial charge is 0.319 e. The summed E-state index contributed by atoms with van der Waals surface area (Å²) in [4.78, 5) is 40.7. The van der Waals surface area contributed by atoms with Crippen LogP contribution < -0.4 is 21.5 Å². The van der Waals surface area contributed by atoms with E-state index in [0.717, 1.165) is 4.47 Å². The second-order valence-electron chi connectivity index (χ2n) is 6.40. The van der Waals surface area contributed by atoms with Gasteiger partial charge in [0.2, 0.25) is 5.91 Å². The van der Waals surface area contributed by atoms with Crippen molar-refractivity contribution in [3.8, 4) is 0 Å². The minimum atomic E-state index is -0.340. The number of hydrogen-bond donors (Lipinski definition) is 3. The average Bonchev–Trinajstić information content (AvgIpc) is 2.73. The Morgan fingerprint density at radius 3 is 2.50 bits per heavy atom. The van der Waals surface area contributed by atoms with E-state index in [2.05, 4.69) is 43.4 Å². The Balaban J connectivity index is 1.56. The molecule has 1 heterocycles. The Morgan fingerprint density at radius 1 is 1.10 bits per heavy atom. The van der Waals surface area contributed by atoms with Gasteiger partial charge in [-0.2, -0.15) is 0 Å². The highest BCUT2D eigenvalue weighted by Crippen LogP contribution is 2.15. The summed E-state index contributed by atoms with van der Waals surface area (Å²) in [7, 11) is 0. The minimum Gasteiger partial charge on any atom is -0.334 e. The van der Waals surface area contributed by atoms with Crippen LogP contribution >= 0.6 is 15.9 Å². The molecule has 0 aliphatic carbocycles. The van der Waals surface area contributed by atoms with Crippen molar-refractivity contribution >= 4 is 50.1 Å². The summed E-state index contributed by atoms with van der Waals surface area (Å²) in [5.74, 6) is -0.235. The number of nitrogens with one attached hydrogen (secondary N) is 3. The molecule has 2 aromatic carbocycles. The number of urea groups is 1. The fourth-order valence-corrected chi connectivity index (χ4v) is 3.07. The van der Waals surface area contributed by atoms with Gasteiger partial charge in [-0.1, -0.05) is 22.0 Å². The number of fused-ring (bicyclic) bond motifs is 1. The van der Waals surface area contributed by atoms with Crippen molar-refractivity contribution in [1.29, 1.82) is 0 Å². The number of benzene rings is 2. The van der Waals surface area contributed by atoms with Crippen molar-refractivity contribution in [2.45, 2.75) is 13.0 Å². The maximum atomic E-state index is 12.6. The molecule has 9 heteroatoms. The summed E-state index contributed by atoms with van der Waals surface area (Å²) in [6, 6.07) is 11.7. The van der Waals surface area contributed by atoms with Crippen LogP contribution in [-0.2, 0) is 11.3 Å². The van der Waals surface area contributed by atoms with E-state index in [9.17, 15) is 14.4 Å². The van der Waals surface area contributed by atoms with Gasteiger partial charge in [-0.3, -0.25) is 14.2 Å². The van der Waals surface area contributed by atoms with E-state index in [1.165, 1.54) is 10.9 Å². The van der Waals surface area contributed by atoms with Crippen molar-refractivity contribution in [1.82, 2.24) is 14.9 Å². The van der Waals surface area contributed by atoms with Crippen LogP contribution in [0.4, 0.5) is 16.2 Å². The van der Waals surface area contributed by atoms with Gasteiger partial charge < -0.3 is 16.0 Å². The van der Waals surface area contributed by atoms with E-state index < -0.39 is 0 Å². The molecular weight excluding hydrogens is 450 g/mol. The quantitative estimate of drug-likeness (QED) is 0.460. The van der Waals surface area contributed by atoms with Gasteiger partial charge in [0.1, 0.15) is 0 Å². The third kappa shape index (κ3) is 5.54. The minimum absolute atomic E-state index is 0.116. The molecule has 0 radical (unpaired) electrons. The van der Waals surface area contributed by atoms with E-state index in [0.29, 0.717) is 28.8 Å². The molecule has 1 aromatic heterocycles. The van der Waals surface area contributed by atoms with Gasteiger partial charge in [0.25, 0.3) is 5.56 Å². The molecule has 154 valence electrons. The fraction of sp³-hybridized carbons (Fsp3) is 0.143. The summed E-state index contributed by atoms with van der Waals surface area (Å²) < 4.78 is 2.21. The van der Waals surface area contributed by atoms with Gasteiger partial charge in [0, 0.05) is 35.4 Å². The lowest BCUT2D eigenvalue weighted by molar-refractivity contribution is -0.116. The molecule has 30 heavy (non-hydrogen) atoms. The second-order valence-corrected chi connectivity index (χ2v) is 7.32. The van der Waals surface area contributed by atoms with Crippen molar-refractivity contribution in [3.05, 3.63) is 76.3 Å². The summed E-state index contributed by atoms with van der Waals surface area (Å²) in [5.41, 5.74) is 1.59. The molecule has 0 bridgehead atoms. The van der Waals surface area contributed by atoms with Crippen LogP contribution in [0.1, 0.15) is 6.42 Å². The number of halogens is 1. The Bertz CT molecular complexity index is 1140. The van der Waals surface area contributed by atoms with E-state index in [1.807, 2.05) is 6.07 Å². The van der Waals surface area contributed by atoms with Crippen LogP contribution in [0.2, 0.25) is 0 Å². The molecule has 3 rings (SSSR count). The van der Waals surface area contributed by atoms with E-state index in [-0.39, 0.29) is 30.5 Å². The first-order valence-electron chi connectivity index (χ1n) is 9.16. The van der Waals surface area contributed by atoms with E-state index in [1.54, 1.807) is 42.5 Å². The number of nitrogens with zero attached hydrogens (tertiary/aromatic N) is 2. The first kappa shape index (κ1) is 21.3. The lowest BCUT2D eigenvalue weighted by atomic mass is 10.2. The molecule has 3 amide bonds. The number of aryl methyl sites for hydroxylation is 1. The van der Waals surface area contributed by atoms with Crippen LogP contribution in [-0.4, -0.2) is 28.0 Å². The topological polar surface area (TPSA) is 105 Å². The fourth-order valence-electron chi connectivity index (χ4n) is 2.71. The molecule has 3 N–H and O–H groups in total. The lowest BCUT2D eigenvalue weighted by Gasteiger charge is -2.09. The van der Waals surface area contributed by atoms with Crippen LogP contribution in [0.15, 0.2) is 70.7 Å². The van der Waals surface area contributed by atoms with Crippen LogP contribution in [0.3, 0.4) is 0 Å². The van der Waals surface area contributed by atoms with Crippen LogP contribution in [0.25, 0.3) is 10.9 Å². The van der Waals surface area contributed by atoms with Crippen molar-refractivity contribution in [3.63, 3.8) is 0 Å². The Labute approximate surface area is 181 Å². The van der Waals surface area contributed by atoms with Gasteiger partial charge in [-0.15, -0.1) is 6.58 Å². The highest BCUT2D eigenvalue weighted by molar-refractivity contribution is 9.10. The summed E-state index contributed by atoms with van der Waals surface area (Å²) in [6.45, 7) is 4.11. The van der Waals surface area contributed by atoms with Gasteiger partial charge in [0.15, 0.2) is 0 Å². The molecule has 3 aromatic rings. The Morgan fingerprint density at radius 2 is 1.80 bits per heavy atom. The van der Waals surface area contributed by atoms with Crippen LogP contribution in [0.5, 0.6) is 0 Å². The van der Waals surface area contributed by atoms with Crippen molar-refractivity contribution < 1.29 is 9.59 Å². The Hall–Kier alpha value is -3.46. The average molecular weight is 470 g/mol. The third-order valence-corrected chi connectivity index (χ3v) is 4.69. The lowest BCUT2D eigenvalue weighted by Crippen LogP contribution is -2.28. The second kappa shape index (κ2) is 9.84. The third-order valence-electron chi connectivity index (χ3n) is 4.20. The molecular formula is C21H20BrN5O3. The molecule has 0 aliphatic rings. The first-order valence-corrected chi connectivity index (χ1v) is 9.96. The zero-order chi connectivity index (χ0) is 21.5. The van der Waals surface area contributed by atoms with Gasteiger partial charge in [0.05, 0.1) is 17.2 Å². The number of carbonyl (C=O) groups is 2. The molecule has 0 atom stereocenters. The molecule has 0 aliphatic heterocycles. The summed E-state index contributed by atoms with van der Waals surface area (Å²) in [5, 5.41) is 8.54. The molecule has 0 saturated carbocycles. The SMILES string of the molecule is C=CCNC(=O)Nc1ccc(NC(=O)CCn2cnc3ccc(Br)cc3c2=O)cc1. The van der Waals surface area contributed by atoms with Gasteiger partial charge >= 0.3 is 6.03 Å². The van der Waals surface area contributed by atoms with Gasteiger partial charge in [-0.05, 0) is 42.5 Å². The number of anilines is 2. The predicted molar refractivity (Wildman–Crippen MR) is 121 cm³/mol. The number of amides is 3. The molecule has 0 spiro atoms. The largest absolute Gasteiger partial charge is 0.334 e. The van der Waals surface area contributed by atoms with Gasteiger partial charge in [-0.25, -0.2) is 9.78 Å². The van der Waals surface area contributed by atoms with Crippen molar-refractivity contribution in [2.24, 2.45) is 0 Å². The van der Waals surface area contributed by atoms with E-state index in [4.69, 9.17) is 0 Å². The summed E-state index contributed by atoms with van der Waals surface area (Å²) >= 11 is 3.35. The number of hydrogen-bond acceptors (Lipinski definition) is 4.